The maximum absolute atomic E-state index is 13.3. The molecule has 0 fully saturated rings. The minimum Gasteiger partial charge on any atom is -0.362 e. The third kappa shape index (κ3) is 2.12. The number of fused-ring (bicyclic) bond motifs is 1. The second kappa shape index (κ2) is 4.50. The molecular formula is C16H14FNO. The van der Waals surface area contributed by atoms with Crippen LogP contribution >= 0.6 is 0 Å². The van der Waals surface area contributed by atoms with Gasteiger partial charge in [-0.25, -0.2) is 4.39 Å². The molecule has 0 saturated carbocycles. The van der Waals surface area contributed by atoms with Gasteiger partial charge in [0.1, 0.15) is 5.82 Å². The predicted octanol–water partition coefficient (Wildman–Crippen LogP) is 3.55. The molecule has 2 aromatic carbocycles. The topological polar surface area (TPSA) is 20.3 Å². The zero-order chi connectivity index (χ0) is 13.4. The second-order valence-corrected chi connectivity index (χ2v) is 4.84. The van der Waals surface area contributed by atoms with E-state index in [1.165, 1.54) is 30.2 Å². The maximum atomic E-state index is 13.3. The van der Waals surface area contributed by atoms with E-state index in [1.54, 1.807) is 6.07 Å². The van der Waals surface area contributed by atoms with E-state index in [2.05, 4.69) is 17.0 Å². The minimum absolute atomic E-state index is 0.106. The highest BCUT2D eigenvalue weighted by atomic mass is 19.1. The largest absolute Gasteiger partial charge is 0.362 e. The Bertz CT molecular complexity index is 626. The molecule has 2 nitrogen and oxygen atoms in total. The lowest BCUT2D eigenvalue weighted by Crippen LogP contribution is -2.17. The van der Waals surface area contributed by atoms with Crippen molar-refractivity contribution in [3.8, 4) is 0 Å². The van der Waals surface area contributed by atoms with Crippen molar-refractivity contribution in [2.24, 2.45) is 0 Å². The number of hydrogen-bond donors (Lipinski definition) is 0. The first-order valence-electron chi connectivity index (χ1n) is 6.27. The van der Waals surface area contributed by atoms with Crippen LogP contribution in [0.4, 0.5) is 10.1 Å². The molecule has 19 heavy (non-hydrogen) atoms. The molecule has 2 aromatic rings. The third-order valence-corrected chi connectivity index (χ3v) is 3.52. The molecule has 1 heterocycles. The van der Waals surface area contributed by atoms with Crippen LogP contribution in [-0.2, 0) is 13.1 Å². The standard InChI is InChI=1S/C16H14FNO/c1-11(19)15-8-14(17)6-7-16(15)18-9-12-4-2-3-5-13(12)10-18/h2-8H,9-10H2,1H3. The monoisotopic (exact) mass is 255 g/mol. The maximum Gasteiger partial charge on any atom is 0.161 e. The fourth-order valence-corrected chi connectivity index (χ4v) is 2.57. The van der Waals surface area contributed by atoms with Gasteiger partial charge in [0.15, 0.2) is 5.78 Å². The molecule has 0 aliphatic carbocycles. The summed E-state index contributed by atoms with van der Waals surface area (Å²) in [6.07, 6.45) is 0. The quantitative estimate of drug-likeness (QED) is 0.765. The molecule has 0 N–H and O–H groups in total. The molecule has 0 saturated heterocycles. The van der Waals surface area contributed by atoms with E-state index in [1.807, 2.05) is 12.1 Å². The third-order valence-electron chi connectivity index (χ3n) is 3.52. The van der Waals surface area contributed by atoms with Gasteiger partial charge >= 0.3 is 0 Å². The van der Waals surface area contributed by atoms with Crippen LogP contribution in [-0.4, -0.2) is 5.78 Å². The predicted molar refractivity (Wildman–Crippen MR) is 72.7 cm³/mol. The first-order chi connectivity index (χ1) is 9.15. The van der Waals surface area contributed by atoms with E-state index in [0.29, 0.717) is 5.56 Å². The van der Waals surface area contributed by atoms with Crippen LogP contribution in [0.5, 0.6) is 0 Å². The zero-order valence-corrected chi connectivity index (χ0v) is 10.7. The van der Waals surface area contributed by atoms with Crippen molar-refractivity contribution in [1.29, 1.82) is 0 Å². The van der Waals surface area contributed by atoms with Gasteiger partial charge in [0, 0.05) is 24.3 Å². The minimum atomic E-state index is -0.370. The molecule has 1 aliphatic rings. The lowest BCUT2D eigenvalue weighted by Gasteiger charge is -2.20. The number of rotatable bonds is 2. The lowest BCUT2D eigenvalue weighted by atomic mass is 10.1. The summed E-state index contributed by atoms with van der Waals surface area (Å²) in [5, 5.41) is 0. The summed E-state index contributed by atoms with van der Waals surface area (Å²) in [5.41, 5.74) is 3.79. The van der Waals surface area contributed by atoms with Crippen LogP contribution in [0.2, 0.25) is 0 Å². The Morgan fingerprint density at radius 2 is 1.74 bits per heavy atom. The first kappa shape index (κ1) is 11.9. The molecule has 0 bridgehead atoms. The van der Waals surface area contributed by atoms with Gasteiger partial charge in [0.05, 0.1) is 0 Å². The van der Waals surface area contributed by atoms with Crippen molar-refractivity contribution < 1.29 is 9.18 Å². The van der Waals surface area contributed by atoms with Crippen molar-refractivity contribution in [2.45, 2.75) is 20.0 Å². The van der Waals surface area contributed by atoms with E-state index in [-0.39, 0.29) is 11.6 Å². The molecule has 3 heteroatoms. The Balaban J connectivity index is 1.99. The van der Waals surface area contributed by atoms with Crippen LogP contribution in [0, 0.1) is 5.82 Å². The van der Waals surface area contributed by atoms with Crippen molar-refractivity contribution in [2.75, 3.05) is 4.90 Å². The summed E-state index contributed by atoms with van der Waals surface area (Å²) >= 11 is 0. The summed E-state index contributed by atoms with van der Waals surface area (Å²) in [6, 6.07) is 12.6. The van der Waals surface area contributed by atoms with Gasteiger partial charge in [-0.3, -0.25) is 4.79 Å². The number of Topliss-reactive ketones (excluding diaryl/α,β-unsaturated/α-hetero) is 1. The molecule has 0 unspecified atom stereocenters. The fraction of sp³-hybridized carbons (Fsp3) is 0.188. The Morgan fingerprint density at radius 3 is 2.32 bits per heavy atom. The van der Waals surface area contributed by atoms with E-state index < -0.39 is 0 Å². The van der Waals surface area contributed by atoms with Gasteiger partial charge < -0.3 is 4.90 Å². The molecule has 96 valence electrons. The number of nitrogens with zero attached hydrogens (tertiary/aromatic N) is 1. The second-order valence-electron chi connectivity index (χ2n) is 4.84. The van der Waals surface area contributed by atoms with Gasteiger partial charge in [-0.15, -0.1) is 0 Å². The zero-order valence-electron chi connectivity index (χ0n) is 10.7. The van der Waals surface area contributed by atoms with Gasteiger partial charge in [0.2, 0.25) is 0 Å². The fourth-order valence-electron chi connectivity index (χ4n) is 2.57. The number of hydrogen-bond acceptors (Lipinski definition) is 2. The van der Waals surface area contributed by atoms with E-state index in [9.17, 15) is 9.18 Å². The smallest absolute Gasteiger partial charge is 0.161 e. The Morgan fingerprint density at radius 1 is 1.11 bits per heavy atom. The molecule has 0 atom stereocenters. The number of benzene rings is 2. The first-order valence-corrected chi connectivity index (χ1v) is 6.27. The van der Waals surface area contributed by atoms with Crippen molar-refractivity contribution >= 4 is 11.5 Å². The highest BCUT2D eigenvalue weighted by molar-refractivity contribution is 5.99. The Labute approximate surface area is 111 Å². The molecule has 0 aromatic heterocycles. The summed E-state index contributed by atoms with van der Waals surface area (Å²) < 4.78 is 13.3. The number of carbonyl (C=O) groups excluding carboxylic acids is 1. The molecule has 3 rings (SSSR count). The highest BCUT2D eigenvalue weighted by Gasteiger charge is 2.22. The molecule has 1 aliphatic heterocycles. The van der Waals surface area contributed by atoms with Crippen LogP contribution in [0.25, 0.3) is 0 Å². The summed E-state index contributed by atoms with van der Waals surface area (Å²) in [7, 11) is 0. The van der Waals surface area contributed by atoms with Crippen LogP contribution in [0.15, 0.2) is 42.5 Å². The molecular weight excluding hydrogens is 241 g/mol. The van der Waals surface area contributed by atoms with Gasteiger partial charge in [-0.05, 0) is 36.2 Å². The van der Waals surface area contributed by atoms with Crippen LogP contribution in [0.1, 0.15) is 28.4 Å². The summed E-state index contributed by atoms with van der Waals surface area (Å²) in [4.78, 5) is 13.8. The van der Waals surface area contributed by atoms with E-state index in [4.69, 9.17) is 0 Å². The van der Waals surface area contributed by atoms with Crippen molar-refractivity contribution in [1.82, 2.24) is 0 Å². The summed E-state index contributed by atoms with van der Waals surface area (Å²) in [6.45, 7) is 3.01. The average molecular weight is 255 g/mol. The van der Waals surface area contributed by atoms with Crippen molar-refractivity contribution in [3.63, 3.8) is 0 Å². The number of halogens is 1. The van der Waals surface area contributed by atoms with Crippen LogP contribution < -0.4 is 4.90 Å². The normalized spacial score (nSPS) is 13.5. The van der Waals surface area contributed by atoms with Gasteiger partial charge in [-0.2, -0.15) is 0 Å². The molecule has 0 spiro atoms. The SMILES string of the molecule is CC(=O)c1cc(F)ccc1N1Cc2ccccc2C1. The number of anilines is 1. The van der Waals surface area contributed by atoms with E-state index in [0.717, 1.165) is 18.8 Å². The molecule has 0 amide bonds. The average Bonchev–Trinajstić information content (AvgIpc) is 2.82. The number of carbonyl (C=O) groups is 1. The van der Waals surface area contributed by atoms with Crippen molar-refractivity contribution in [3.05, 3.63) is 65.0 Å². The Kier molecular flexibility index (Phi) is 2.82. The van der Waals surface area contributed by atoms with Gasteiger partial charge in [-0.1, -0.05) is 24.3 Å². The lowest BCUT2D eigenvalue weighted by molar-refractivity contribution is 0.101. The highest BCUT2D eigenvalue weighted by Crippen LogP contribution is 2.31. The van der Waals surface area contributed by atoms with E-state index >= 15 is 0 Å². The van der Waals surface area contributed by atoms with Gasteiger partial charge in [0.25, 0.3) is 0 Å². The van der Waals surface area contributed by atoms with Crippen LogP contribution in [0.3, 0.4) is 0 Å². The Hall–Kier alpha value is -2.16. The summed E-state index contributed by atoms with van der Waals surface area (Å²) in [5.74, 6) is -0.476. The molecule has 0 radical (unpaired) electrons. The number of ketones is 1.